The van der Waals surface area contributed by atoms with Gasteiger partial charge in [-0.3, -0.25) is 14.4 Å². The van der Waals surface area contributed by atoms with E-state index in [1.165, 1.54) is 20.1 Å². The third-order valence-electron chi connectivity index (χ3n) is 7.81. The fourth-order valence-corrected chi connectivity index (χ4v) is 6.19. The molecule has 1 aliphatic carbocycles. The molecule has 0 unspecified atom stereocenters. The Bertz CT molecular complexity index is 1660. The molecule has 0 aromatic heterocycles. The molecule has 1 aliphatic heterocycles. The highest BCUT2D eigenvalue weighted by Crippen LogP contribution is 2.50. The van der Waals surface area contributed by atoms with Crippen LogP contribution in [0.1, 0.15) is 36.9 Å². The Morgan fingerprint density at radius 2 is 1.78 bits per heavy atom. The molecule has 0 radical (unpaired) electrons. The lowest BCUT2D eigenvalue weighted by Gasteiger charge is -2.19. The van der Waals surface area contributed by atoms with E-state index < -0.39 is 12.1 Å². The number of carbonyl (C=O) groups excluding carboxylic acids is 2. The van der Waals surface area contributed by atoms with Crippen molar-refractivity contribution in [2.75, 3.05) is 50.8 Å². The van der Waals surface area contributed by atoms with Crippen LogP contribution in [0.15, 0.2) is 47.3 Å². The van der Waals surface area contributed by atoms with Gasteiger partial charge in [-0.1, -0.05) is 6.07 Å². The summed E-state index contributed by atoms with van der Waals surface area (Å²) in [6, 6.07) is 11.0. The molecule has 3 aromatic rings. The van der Waals surface area contributed by atoms with E-state index in [9.17, 15) is 14.4 Å². The van der Waals surface area contributed by atoms with Gasteiger partial charge in [0.2, 0.25) is 29.8 Å². The number of aryl methyl sites for hydroxylation is 1. The lowest BCUT2D eigenvalue weighted by Crippen LogP contribution is -2.36. The number of hydrogen-bond donors (Lipinski definition) is 3. The van der Waals surface area contributed by atoms with Crippen LogP contribution in [-0.4, -0.2) is 58.0 Å². The minimum absolute atomic E-state index is 0.130. The Balaban J connectivity index is 1.57. The standard InChI is InChI=1S/C33H37N3O8S/c1-18(37)34-23-9-6-19-14-29(40-2)31(41-3)32(42-4)30(19)21-8-10-24(26(38)16-22(21)23)36-25(12-13-45-5)33(39)35-20-7-11-27-28(15-20)44-17-43-27/h7-8,10-11,14-16,23,25H,6,9,12-13,17H2,1-5H3,(H,34,37)(H,35,39)(H,36,38)/t23-,25+/m1/s1. The molecule has 12 heteroatoms. The van der Waals surface area contributed by atoms with Crippen molar-refractivity contribution in [2.45, 2.75) is 38.3 Å². The molecule has 2 atom stereocenters. The molecule has 0 saturated heterocycles. The zero-order valence-corrected chi connectivity index (χ0v) is 26.7. The van der Waals surface area contributed by atoms with Crippen LogP contribution >= 0.6 is 11.8 Å². The Morgan fingerprint density at radius 3 is 2.49 bits per heavy atom. The monoisotopic (exact) mass is 635 g/mol. The molecular formula is C33H37N3O8S. The van der Waals surface area contributed by atoms with E-state index in [4.69, 9.17) is 23.7 Å². The Hall–Kier alpha value is -4.58. The van der Waals surface area contributed by atoms with Crippen molar-refractivity contribution in [3.05, 3.63) is 63.8 Å². The predicted octanol–water partition coefficient (Wildman–Crippen LogP) is 4.76. The molecule has 1 heterocycles. The van der Waals surface area contributed by atoms with Gasteiger partial charge in [0.05, 0.1) is 33.1 Å². The summed E-state index contributed by atoms with van der Waals surface area (Å²) in [6.07, 6.45) is 3.56. The fourth-order valence-electron chi connectivity index (χ4n) is 5.72. The minimum atomic E-state index is -0.713. The minimum Gasteiger partial charge on any atom is -0.493 e. The van der Waals surface area contributed by atoms with Crippen LogP contribution in [0.5, 0.6) is 28.7 Å². The Kier molecular flexibility index (Phi) is 9.92. The van der Waals surface area contributed by atoms with Crippen LogP contribution in [-0.2, 0) is 16.0 Å². The van der Waals surface area contributed by atoms with Crippen molar-refractivity contribution < 1.29 is 33.3 Å². The molecule has 0 spiro atoms. The SMILES string of the molecule is COc1cc2c(c(OC)c1OC)-c1ccc(N[C@@H](CCSC)C(=O)Nc3ccc4c(c3)OCO4)c(=O)cc1[C@H](NC(C)=O)CC2. The number of anilines is 2. The predicted molar refractivity (Wildman–Crippen MR) is 174 cm³/mol. The number of hydrogen-bond acceptors (Lipinski definition) is 10. The van der Waals surface area contributed by atoms with Gasteiger partial charge in [0.25, 0.3) is 0 Å². The maximum atomic E-state index is 13.8. The number of carbonyl (C=O) groups is 2. The summed E-state index contributed by atoms with van der Waals surface area (Å²) in [4.78, 5) is 39.6. The first kappa shape index (κ1) is 31.8. The second-order valence-corrected chi connectivity index (χ2v) is 11.6. The van der Waals surface area contributed by atoms with Crippen LogP contribution in [0.3, 0.4) is 0 Å². The summed E-state index contributed by atoms with van der Waals surface area (Å²) in [5.41, 5.74) is 3.50. The van der Waals surface area contributed by atoms with E-state index in [0.717, 1.165) is 11.1 Å². The largest absolute Gasteiger partial charge is 0.493 e. The van der Waals surface area contributed by atoms with Gasteiger partial charge in [-0.25, -0.2) is 0 Å². The van der Waals surface area contributed by atoms with E-state index >= 15 is 0 Å². The summed E-state index contributed by atoms with van der Waals surface area (Å²) in [7, 11) is 4.65. The summed E-state index contributed by atoms with van der Waals surface area (Å²) in [6.45, 7) is 1.58. The van der Waals surface area contributed by atoms with Crippen LogP contribution in [0.25, 0.3) is 11.1 Å². The maximum Gasteiger partial charge on any atom is 0.246 e. The molecule has 2 amide bonds. The van der Waals surface area contributed by atoms with Gasteiger partial charge < -0.3 is 39.6 Å². The van der Waals surface area contributed by atoms with Crippen LogP contribution < -0.4 is 45.1 Å². The first-order valence-electron chi connectivity index (χ1n) is 14.5. The first-order chi connectivity index (χ1) is 21.8. The number of fused-ring (bicyclic) bond motifs is 4. The molecule has 11 nitrogen and oxygen atoms in total. The molecule has 0 bridgehead atoms. The molecule has 0 fully saturated rings. The normalized spacial score (nSPS) is 15.1. The van der Waals surface area contributed by atoms with Crippen molar-refractivity contribution in [2.24, 2.45) is 0 Å². The van der Waals surface area contributed by atoms with Crippen LogP contribution in [0.2, 0.25) is 0 Å². The second-order valence-electron chi connectivity index (χ2n) is 10.6. The molecule has 3 aromatic carbocycles. The van der Waals surface area contributed by atoms with Gasteiger partial charge in [-0.2, -0.15) is 11.8 Å². The lowest BCUT2D eigenvalue weighted by atomic mass is 9.95. The molecule has 5 rings (SSSR count). The summed E-state index contributed by atoms with van der Waals surface area (Å²) in [5.74, 6) is 2.75. The first-order valence-corrected chi connectivity index (χ1v) is 15.9. The number of methoxy groups -OCH3 is 3. The Labute approximate surface area is 265 Å². The average Bonchev–Trinajstić information content (AvgIpc) is 3.38. The highest BCUT2D eigenvalue weighted by atomic mass is 32.2. The van der Waals surface area contributed by atoms with Crippen molar-refractivity contribution in [1.82, 2.24) is 5.32 Å². The third kappa shape index (κ3) is 6.75. The van der Waals surface area contributed by atoms with Crippen LogP contribution in [0.4, 0.5) is 11.4 Å². The molecular weight excluding hydrogens is 598 g/mol. The van der Waals surface area contributed by atoms with Gasteiger partial charge in [-0.05, 0) is 78.3 Å². The van der Waals surface area contributed by atoms with Gasteiger partial charge in [0.1, 0.15) is 6.04 Å². The second kappa shape index (κ2) is 14.0. The van der Waals surface area contributed by atoms with Crippen molar-refractivity contribution >= 4 is 35.0 Å². The number of amides is 2. The van der Waals surface area contributed by atoms with Crippen LogP contribution in [0, 0.1) is 0 Å². The quantitative estimate of drug-likeness (QED) is 0.271. The van der Waals surface area contributed by atoms with Gasteiger partial charge in [0.15, 0.2) is 23.0 Å². The van der Waals surface area contributed by atoms with Gasteiger partial charge in [-0.15, -0.1) is 0 Å². The van der Waals surface area contributed by atoms with E-state index in [2.05, 4.69) is 16.0 Å². The number of ether oxygens (including phenoxy) is 5. The number of benzene rings is 2. The van der Waals surface area contributed by atoms with Crippen molar-refractivity contribution in [3.8, 4) is 39.9 Å². The topological polar surface area (TPSA) is 133 Å². The molecule has 3 N–H and O–H groups in total. The number of rotatable bonds is 11. The average molecular weight is 636 g/mol. The molecule has 0 saturated carbocycles. The maximum absolute atomic E-state index is 13.8. The zero-order chi connectivity index (χ0) is 32.1. The summed E-state index contributed by atoms with van der Waals surface area (Å²) >= 11 is 1.60. The number of nitrogens with one attached hydrogen (secondary N) is 3. The van der Waals surface area contributed by atoms with E-state index in [0.29, 0.717) is 70.6 Å². The summed E-state index contributed by atoms with van der Waals surface area (Å²) in [5, 5.41) is 9.15. The van der Waals surface area contributed by atoms with E-state index in [1.807, 2.05) is 18.4 Å². The molecule has 238 valence electrons. The number of thioether (sulfide) groups is 1. The van der Waals surface area contributed by atoms with Gasteiger partial charge >= 0.3 is 0 Å². The Morgan fingerprint density at radius 1 is 1.00 bits per heavy atom. The third-order valence-corrected chi connectivity index (χ3v) is 8.46. The molecule has 45 heavy (non-hydrogen) atoms. The zero-order valence-electron chi connectivity index (χ0n) is 25.9. The fraction of sp³-hybridized carbons (Fsp3) is 0.364. The van der Waals surface area contributed by atoms with Gasteiger partial charge in [0, 0.05) is 24.2 Å². The highest BCUT2D eigenvalue weighted by molar-refractivity contribution is 7.98. The van der Waals surface area contributed by atoms with Crippen molar-refractivity contribution in [3.63, 3.8) is 0 Å². The smallest absolute Gasteiger partial charge is 0.246 e. The van der Waals surface area contributed by atoms with Crippen molar-refractivity contribution in [1.29, 1.82) is 0 Å². The highest BCUT2D eigenvalue weighted by Gasteiger charge is 2.30. The molecule has 2 aliphatic rings. The van der Waals surface area contributed by atoms with E-state index in [-0.39, 0.29) is 29.7 Å². The summed E-state index contributed by atoms with van der Waals surface area (Å²) < 4.78 is 28.0. The van der Waals surface area contributed by atoms with E-state index in [1.54, 1.807) is 50.2 Å². The lowest BCUT2D eigenvalue weighted by molar-refractivity contribution is -0.120.